The van der Waals surface area contributed by atoms with Crippen LogP contribution < -0.4 is 37.9 Å². The SMILES string of the molecule is CCCOCOc1cc(OCC)c2cc1Cc1cc(c(O)cc1O)Cc1cc(c3cc1OC(C)Oc1cc(c4cc1Cc1cc(c(O)cc1O)Cc1cc(c(OCOCCC)cc1OCOCCC)Cc1cc(c(O)cc1O)C4)OC(OCCC)O3)Cc1cc(c(O)cc1O)C2. The van der Waals surface area contributed by atoms with Crippen LogP contribution >= 0.6 is 0 Å². The van der Waals surface area contributed by atoms with Crippen molar-refractivity contribution in [3.05, 3.63) is 186 Å². The number of hydrogen-bond acceptors (Lipinski definition) is 20. The van der Waals surface area contributed by atoms with Crippen LogP contribution in [-0.2, 0) is 70.3 Å². The van der Waals surface area contributed by atoms with Crippen LogP contribution in [-0.4, -0.2) is 107 Å². The second kappa shape index (κ2) is 30.9. The molecule has 2 atom stereocenters. The summed E-state index contributed by atoms with van der Waals surface area (Å²) in [5.74, 6) is 1.21. The molecule has 20 heteroatoms. The van der Waals surface area contributed by atoms with Gasteiger partial charge in [-0.1, -0.05) is 27.7 Å². The molecular weight excluding hydrogens is 1230 g/mol. The van der Waals surface area contributed by atoms with Gasteiger partial charge in [0.2, 0.25) is 6.29 Å². The van der Waals surface area contributed by atoms with Gasteiger partial charge in [0.25, 0.3) is 0 Å². The summed E-state index contributed by atoms with van der Waals surface area (Å²) in [6.07, 6.45) is 2.32. The Kier molecular flexibility index (Phi) is 21.8. The molecule has 0 fully saturated rings. The van der Waals surface area contributed by atoms with Gasteiger partial charge in [0, 0.05) is 107 Å². The van der Waals surface area contributed by atoms with E-state index in [0.29, 0.717) is 145 Å². The zero-order valence-corrected chi connectivity index (χ0v) is 55.0. The van der Waals surface area contributed by atoms with E-state index >= 15 is 0 Å². The number of aromatic hydroxyl groups is 8. The van der Waals surface area contributed by atoms with Gasteiger partial charge in [0.1, 0.15) is 92.0 Å². The number of hydrogen-bond donors (Lipinski definition) is 8. The molecule has 0 saturated carbocycles. The molecule has 0 spiro atoms. The maximum Gasteiger partial charge on any atom is 0.360 e. The molecule has 1 heterocycles. The topological polar surface area (TPSA) is 273 Å². The molecule has 96 heavy (non-hydrogen) atoms. The third-order valence-electron chi connectivity index (χ3n) is 16.9. The van der Waals surface area contributed by atoms with E-state index in [2.05, 4.69) is 0 Å². The summed E-state index contributed by atoms with van der Waals surface area (Å²) in [4.78, 5) is 0. The molecular formula is C76H84O20. The van der Waals surface area contributed by atoms with Crippen molar-refractivity contribution < 1.29 is 97.7 Å². The van der Waals surface area contributed by atoms with E-state index < -0.39 is 12.8 Å². The maximum absolute atomic E-state index is 11.8. The quantitative estimate of drug-likeness (QED) is 0.0260. The predicted molar refractivity (Wildman–Crippen MR) is 356 cm³/mol. The Morgan fingerprint density at radius 1 is 0.292 bits per heavy atom. The molecule has 2 aliphatic carbocycles. The van der Waals surface area contributed by atoms with Crippen molar-refractivity contribution in [1.29, 1.82) is 0 Å². The normalized spacial score (nSPS) is 14.9. The lowest BCUT2D eigenvalue weighted by molar-refractivity contribution is -0.199. The second-order valence-electron chi connectivity index (χ2n) is 24.3. The van der Waals surface area contributed by atoms with Crippen LogP contribution in [0.1, 0.15) is 156 Å². The summed E-state index contributed by atoms with van der Waals surface area (Å²) >= 11 is 0. The van der Waals surface area contributed by atoms with Crippen LogP contribution in [0.5, 0.6) is 92.0 Å². The third-order valence-corrected chi connectivity index (χ3v) is 16.9. The van der Waals surface area contributed by atoms with Crippen molar-refractivity contribution in [3.8, 4) is 92.0 Å². The van der Waals surface area contributed by atoms with Crippen LogP contribution in [0.3, 0.4) is 0 Å². The molecule has 0 saturated heterocycles. The van der Waals surface area contributed by atoms with Gasteiger partial charge >= 0.3 is 6.48 Å². The van der Waals surface area contributed by atoms with E-state index in [-0.39, 0.29) is 147 Å². The fourth-order valence-electron chi connectivity index (χ4n) is 12.2. The molecule has 8 N–H and O–H groups in total. The second-order valence-corrected chi connectivity index (χ2v) is 24.3. The average molecular weight is 1320 g/mol. The Labute approximate surface area is 558 Å². The first kappa shape index (κ1) is 67.8. The van der Waals surface area contributed by atoms with Gasteiger partial charge in [-0.15, -0.1) is 0 Å². The van der Waals surface area contributed by atoms with Gasteiger partial charge in [-0.25, -0.2) is 0 Å². The largest absolute Gasteiger partial charge is 0.508 e. The summed E-state index contributed by atoms with van der Waals surface area (Å²) in [5.41, 5.74) is 8.18. The van der Waals surface area contributed by atoms with Gasteiger partial charge in [-0.3, -0.25) is 0 Å². The minimum atomic E-state index is -1.50. The van der Waals surface area contributed by atoms with Crippen LogP contribution in [0.2, 0.25) is 0 Å². The van der Waals surface area contributed by atoms with Gasteiger partial charge < -0.3 is 97.7 Å². The Balaban J connectivity index is 1.05. The van der Waals surface area contributed by atoms with Crippen molar-refractivity contribution in [3.63, 3.8) is 0 Å². The number of phenolic OH excluding ortho intramolecular Hbond substituents is 8. The molecule has 508 valence electrons. The first-order valence-electron chi connectivity index (χ1n) is 32.8. The van der Waals surface area contributed by atoms with Crippen molar-refractivity contribution in [2.45, 2.75) is 131 Å². The number of rotatable bonds is 20. The number of fused-ring (bicyclic) bond motifs is 24. The minimum Gasteiger partial charge on any atom is -0.508 e. The molecule has 2 unspecified atom stereocenters. The van der Waals surface area contributed by atoms with Gasteiger partial charge in [-0.2, -0.15) is 0 Å². The zero-order chi connectivity index (χ0) is 67.6. The lowest BCUT2D eigenvalue weighted by Crippen LogP contribution is -2.29. The zero-order valence-electron chi connectivity index (χ0n) is 55.0. The summed E-state index contributed by atoms with van der Waals surface area (Å²) in [5, 5.41) is 93.8. The molecule has 0 amide bonds. The van der Waals surface area contributed by atoms with Crippen molar-refractivity contribution >= 4 is 0 Å². The summed E-state index contributed by atoms with van der Waals surface area (Å²) in [6.45, 7) is 11.7. The summed E-state index contributed by atoms with van der Waals surface area (Å²) in [7, 11) is 0. The van der Waals surface area contributed by atoms with Gasteiger partial charge in [-0.05, 0) is 170 Å². The Morgan fingerprint density at radius 2 is 0.542 bits per heavy atom. The number of ether oxygens (including phenoxy) is 12. The highest BCUT2D eigenvalue weighted by Crippen LogP contribution is 2.46. The minimum absolute atomic E-state index is 0.00275. The fourth-order valence-corrected chi connectivity index (χ4v) is 12.2. The predicted octanol–water partition coefficient (Wildman–Crippen LogP) is 13.7. The molecule has 0 aromatic heterocycles. The highest BCUT2D eigenvalue weighted by Gasteiger charge is 2.29. The van der Waals surface area contributed by atoms with Gasteiger partial charge in [0.05, 0.1) is 33.0 Å². The molecule has 3 aliphatic rings. The van der Waals surface area contributed by atoms with Crippen molar-refractivity contribution in [2.75, 3.05) is 53.4 Å². The molecule has 11 rings (SSSR count). The van der Waals surface area contributed by atoms with Crippen molar-refractivity contribution in [1.82, 2.24) is 0 Å². The molecule has 8 aromatic carbocycles. The molecule has 20 nitrogen and oxygen atoms in total. The van der Waals surface area contributed by atoms with Crippen LogP contribution in [0.15, 0.2) is 97.1 Å². The molecule has 1 aliphatic heterocycles. The lowest BCUT2D eigenvalue weighted by Gasteiger charge is -2.28. The Morgan fingerprint density at radius 3 is 0.823 bits per heavy atom. The van der Waals surface area contributed by atoms with Crippen LogP contribution in [0.4, 0.5) is 0 Å². The number of phenols is 8. The van der Waals surface area contributed by atoms with Crippen molar-refractivity contribution in [2.24, 2.45) is 0 Å². The Hall–Kier alpha value is -9.60. The van der Waals surface area contributed by atoms with E-state index in [4.69, 9.17) is 56.8 Å². The van der Waals surface area contributed by atoms with E-state index in [9.17, 15) is 40.9 Å². The van der Waals surface area contributed by atoms with Crippen LogP contribution in [0, 0.1) is 0 Å². The standard InChI is InChI=1S/C76H84O20/c1-7-12-85-40-90-69-36-68(88-11-5)52-20-44-16-50(66(83)32-60(44)77)26-58-30-56(24-48-17-45(21-53(69)28-52)61(78)33-64(48)81)72-38-74(58)95-76(89-15-10-4)96-75-39-73(94-43(6)93-72)57-25-49-18-46(62(79)34-65(49)82)22-54-29-55(23-47-19-51(27-59(75)31-57)67(84)35-63(47)80)71(92-42-87-14-9-3)37-70(54)91-41-86-13-8-2/h16-19,28-39,43,76-84H,7-15,20-27,40-42H2,1-6H3. The fraction of sp³-hybridized carbons (Fsp3) is 0.368. The highest BCUT2D eigenvalue weighted by molar-refractivity contribution is 5.61. The monoisotopic (exact) mass is 1320 g/mol. The molecule has 20 bridgehead atoms. The highest BCUT2D eigenvalue weighted by atomic mass is 16.8. The molecule has 8 aromatic rings. The van der Waals surface area contributed by atoms with E-state index in [1.54, 1.807) is 55.5 Å². The summed E-state index contributed by atoms with van der Waals surface area (Å²) < 4.78 is 76.4. The Bertz CT molecular complexity index is 4090. The van der Waals surface area contributed by atoms with Gasteiger partial charge in [0.15, 0.2) is 20.4 Å². The first-order valence-corrected chi connectivity index (χ1v) is 32.8. The first-order chi connectivity index (χ1) is 46.5. The smallest absolute Gasteiger partial charge is 0.360 e. The van der Waals surface area contributed by atoms with E-state index in [0.717, 1.165) is 19.3 Å². The third kappa shape index (κ3) is 16.0. The lowest BCUT2D eigenvalue weighted by atomic mass is 9.91. The van der Waals surface area contributed by atoms with E-state index in [1.165, 1.54) is 24.3 Å². The summed E-state index contributed by atoms with van der Waals surface area (Å²) in [6, 6.07) is 26.4. The number of benzene rings is 8. The van der Waals surface area contributed by atoms with E-state index in [1.807, 2.05) is 58.9 Å². The van der Waals surface area contributed by atoms with Crippen LogP contribution in [0.25, 0.3) is 0 Å². The average Bonchev–Trinajstić information content (AvgIpc) is 0.816. The molecule has 0 radical (unpaired) electrons. The maximum atomic E-state index is 11.8.